The van der Waals surface area contributed by atoms with E-state index < -0.39 is 11.8 Å². The van der Waals surface area contributed by atoms with Gasteiger partial charge in [-0.1, -0.05) is 24.3 Å². The fourth-order valence-corrected chi connectivity index (χ4v) is 2.44. The number of ketones is 1. The summed E-state index contributed by atoms with van der Waals surface area (Å²) in [5, 5.41) is 9.44. The van der Waals surface area contributed by atoms with Crippen molar-refractivity contribution in [3.8, 4) is 11.8 Å². The molecule has 7 heteroatoms. The van der Waals surface area contributed by atoms with Gasteiger partial charge >= 0.3 is 5.97 Å². The van der Waals surface area contributed by atoms with E-state index in [0.717, 1.165) is 0 Å². The Balaban J connectivity index is 2.31. The second-order valence-corrected chi connectivity index (χ2v) is 4.71. The van der Waals surface area contributed by atoms with Gasteiger partial charge in [0.05, 0.1) is 20.3 Å². The summed E-state index contributed by atoms with van der Waals surface area (Å²) in [5.74, 6) is -1.40. The molecule has 0 spiro atoms. The molecule has 0 atom stereocenters. The largest absolute Gasteiger partial charge is 0.481 e. The Morgan fingerprint density at radius 3 is 2.13 bits per heavy atom. The number of rotatable bonds is 4. The SMILES string of the molecule is COc1cc(OC)nc(C2=C(C(=O)O)C(=O)c3ccccc32)n1. The second kappa shape index (κ2) is 5.53. The maximum absolute atomic E-state index is 12.4. The molecule has 23 heavy (non-hydrogen) atoms. The lowest BCUT2D eigenvalue weighted by Gasteiger charge is -2.08. The maximum Gasteiger partial charge on any atom is 0.340 e. The van der Waals surface area contributed by atoms with Gasteiger partial charge in [0.1, 0.15) is 5.57 Å². The van der Waals surface area contributed by atoms with Crippen LogP contribution in [0.4, 0.5) is 0 Å². The Bertz CT molecular complexity index is 835. The van der Waals surface area contributed by atoms with E-state index >= 15 is 0 Å². The number of fused-ring (bicyclic) bond motifs is 1. The number of Topliss-reactive ketones (excluding diaryl/α,β-unsaturated/α-hetero) is 1. The van der Waals surface area contributed by atoms with E-state index in [2.05, 4.69) is 9.97 Å². The van der Waals surface area contributed by atoms with Gasteiger partial charge in [0, 0.05) is 11.1 Å². The Hall–Kier alpha value is -3.22. The Morgan fingerprint density at radius 1 is 1.04 bits per heavy atom. The number of aromatic nitrogens is 2. The number of methoxy groups -OCH3 is 2. The summed E-state index contributed by atoms with van der Waals surface area (Å²) in [7, 11) is 2.84. The predicted molar refractivity (Wildman–Crippen MR) is 79.6 cm³/mol. The third-order valence-electron chi connectivity index (χ3n) is 3.45. The van der Waals surface area contributed by atoms with Crippen LogP contribution in [0.15, 0.2) is 35.9 Å². The molecular weight excluding hydrogens is 300 g/mol. The van der Waals surface area contributed by atoms with E-state index in [9.17, 15) is 14.7 Å². The Kier molecular flexibility index (Phi) is 3.53. The van der Waals surface area contributed by atoms with Gasteiger partial charge < -0.3 is 14.6 Å². The summed E-state index contributed by atoms with van der Waals surface area (Å²) >= 11 is 0. The van der Waals surface area contributed by atoms with E-state index in [0.29, 0.717) is 11.1 Å². The number of carboxylic acids is 1. The van der Waals surface area contributed by atoms with Gasteiger partial charge in [-0.25, -0.2) is 4.79 Å². The van der Waals surface area contributed by atoms with Crippen LogP contribution in [0.25, 0.3) is 5.57 Å². The van der Waals surface area contributed by atoms with Gasteiger partial charge in [-0.3, -0.25) is 4.79 Å². The van der Waals surface area contributed by atoms with Crippen molar-refractivity contribution in [2.45, 2.75) is 0 Å². The molecule has 0 radical (unpaired) electrons. The molecule has 7 nitrogen and oxygen atoms in total. The van der Waals surface area contributed by atoms with Crippen LogP contribution in [0.2, 0.25) is 0 Å². The third kappa shape index (κ3) is 2.32. The first-order valence-corrected chi connectivity index (χ1v) is 6.66. The number of hydrogen-bond donors (Lipinski definition) is 1. The zero-order valence-electron chi connectivity index (χ0n) is 12.4. The molecule has 2 aromatic rings. The van der Waals surface area contributed by atoms with Gasteiger partial charge in [-0.2, -0.15) is 9.97 Å². The number of carboxylic acid groups (broad SMARTS) is 1. The van der Waals surface area contributed by atoms with Crippen LogP contribution in [0.3, 0.4) is 0 Å². The minimum Gasteiger partial charge on any atom is -0.481 e. The smallest absolute Gasteiger partial charge is 0.340 e. The van der Waals surface area contributed by atoms with Crippen molar-refractivity contribution in [2.75, 3.05) is 14.2 Å². The van der Waals surface area contributed by atoms with E-state index in [1.165, 1.54) is 20.3 Å². The van der Waals surface area contributed by atoms with Crippen LogP contribution < -0.4 is 9.47 Å². The molecule has 116 valence electrons. The monoisotopic (exact) mass is 312 g/mol. The first-order chi connectivity index (χ1) is 11.1. The zero-order valence-corrected chi connectivity index (χ0v) is 12.4. The second-order valence-electron chi connectivity index (χ2n) is 4.71. The number of carbonyl (C=O) groups is 2. The van der Waals surface area contributed by atoms with Crippen molar-refractivity contribution in [1.82, 2.24) is 9.97 Å². The fraction of sp³-hybridized carbons (Fsp3) is 0.125. The summed E-state index contributed by atoms with van der Waals surface area (Å²) in [4.78, 5) is 32.3. The molecule has 1 aromatic carbocycles. The molecule has 1 aliphatic rings. The molecule has 1 N–H and O–H groups in total. The van der Waals surface area contributed by atoms with Crippen LogP contribution in [0.1, 0.15) is 21.7 Å². The lowest BCUT2D eigenvalue weighted by Crippen LogP contribution is -2.10. The summed E-state index contributed by atoms with van der Waals surface area (Å²) in [6.45, 7) is 0. The maximum atomic E-state index is 12.4. The van der Waals surface area contributed by atoms with Crippen molar-refractivity contribution in [2.24, 2.45) is 0 Å². The highest BCUT2D eigenvalue weighted by atomic mass is 16.5. The minimum atomic E-state index is -1.33. The van der Waals surface area contributed by atoms with Crippen LogP contribution in [0, 0.1) is 0 Å². The standard InChI is InChI=1S/C16H12N2O5/c1-22-10-7-11(23-2)18-15(17-10)12-8-5-3-4-6-9(8)14(19)13(12)16(20)21/h3-7H,1-2H3,(H,20,21). The quantitative estimate of drug-likeness (QED) is 0.856. The molecule has 0 unspecified atom stereocenters. The van der Waals surface area contributed by atoms with Crippen LogP contribution in [-0.2, 0) is 4.79 Å². The number of hydrogen-bond acceptors (Lipinski definition) is 6. The summed E-state index contributed by atoms with van der Waals surface area (Å²) in [6, 6.07) is 8.09. The molecule has 0 saturated carbocycles. The molecule has 0 amide bonds. The first-order valence-electron chi connectivity index (χ1n) is 6.66. The van der Waals surface area contributed by atoms with Crippen molar-refractivity contribution in [3.05, 3.63) is 52.9 Å². The van der Waals surface area contributed by atoms with Crippen molar-refractivity contribution >= 4 is 17.3 Å². The molecule has 0 fully saturated rings. The highest BCUT2D eigenvalue weighted by molar-refractivity contribution is 6.34. The molecule has 0 saturated heterocycles. The molecule has 0 bridgehead atoms. The van der Waals surface area contributed by atoms with Gasteiger partial charge in [-0.15, -0.1) is 0 Å². The third-order valence-corrected chi connectivity index (χ3v) is 3.45. The van der Waals surface area contributed by atoms with E-state index in [1.807, 2.05) is 0 Å². The summed E-state index contributed by atoms with van der Waals surface area (Å²) in [6.07, 6.45) is 0. The first kappa shape index (κ1) is 14.7. The van der Waals surface area contributed by atoms with Crippen molar-refractivity contribution in [1.29, 1.82) is 0 Å². The molecule has 1 aliphatic carbocycles. The van der Waals surface area contributed by atoms with E-state index in [4.69, 9.17) is 9.47 Å². The summed E-state index contributed by atoms with van der Waals surface area (Å²) in [5.41, 5.74) is 0.590. The number of benzene rings is 1. The normalized spacial score (nSPS) is 13.0. The minimum absolute atomic E-state index is 0.0666. The van der Waals surface area contributed by atoms with Gasteiger partial charge in [0.2, 0.25) is 17.5 Å². The zero-order chi connectivity index (χ0) is 16.6. The molecule has 3 rings (SSSR count). The average molecular weight is 312 g/mol. The molecule has 1 heterocycles. The van der Waals surface area contributed by atoms with Crippen LogP contribution >= 0.6 is 0 Å². The van der Waals surface area contributed by atoms with Gasteiger partial charge in [0.25, 0.3) is 0 Å². The highest BCUT2D eigenvalue weighted by Crippen LogP contribution is 2.37. The average Bonchev–Trinajstić information content (AvgIpc) is 2.87. The number of ether oxygens (including phenoxy) is 2. The number of carbonyl (C=O) groups excluding carboxylic acids is 1. The van der Waals surface area contributed by atoms with Crippen LogP contribution in [-0.4, -0.2) is 41.0 Å². The van der Waals surface area contributed by atoms with Gasteiger partial charge in [-0.05, 0) is 5.56 Å². The van der Waals surface area contributed by atoms with Gasteiger partial charge in [0.15, 0.2) is 5.82 Å². The lowest BCUT2D eigenvalue weighted by molar-refractivity contribution is -0.132. The van der Waals surface area contributed by atoms with Crippen LogP contribution in [0.5, 0.6) is 11.8 Å². The van der Waals surface area contributed by atoms with Crippen molar-refractivity contribution in [3.63, 3.8) is 0 Å². The highest BCUT2D eigenvalue weighted by Gasteiger charge is 2.36. The number of nitrogens with zero attached hydrogens (tertiary/aromatic N) is 2. The lowest BCUT2D eigenvalue weighted by atomic mass is 10.0. The topological polar surface area (TPSA) is 98.6 Å². The Morgan fingerprint density at radius 2 is 1.61 bits per heavy atom. The van der Waals surface area contributed by atoms with E-state index in [-0.39, 0.29) is 28.7 Å². The predicted octanol–water partition coefficient (Wildman–Crippen LogP) is 1.58. The van der Waals surface area contributed by atoms with Crippen molar-refractivity contribution < 1.29 is 24.2 Å². The fourth-order valence-electron chi connectivity index (χ4n) is 2.44. The Labute approximate surface area is 131 Å². The molecular formula is C16H12N2O5. The number of aliphatic carboxylic acids is 1. The molecule has 0 aliphatic heterocycles. The molecule has 1 aromatic heterocycles. The summed E-state index contributed by atoms with van der Waals surface area (Å²) < 4.78 is 10.2. The van der Waals surface area contributed by atoms with E-state index in [1.54, 1.807) is 24.3 Å².